The highest BCUT2D eigenvalue weighted by Gasteiger charge is 2.17. The zero-order valence-electron chi connectivity index (χ0n) is 18.1. The molecular weight excluding hydrogens is 447 g/mol. The number of rotatable bonds is 10. The summed E-state index contributed by atoms with van der Waals surface area (Å²) in [5.74, 6) is -1.36. The predicted molar refractivity (Wildman–Crippen MR) is 125 cm³/mol. The topological polar surface area (TPSA) is 119 Å². The molecule has 0 heterocycles. The molecule has 0 aromatic heterocycles. The van der Waals surface area contributed by atoms with Crippen LogP contribution in [0.25, 0.3) is 0 Å². The van der Waals surface area contributed by atoms with Gasteiger partial charge in [-0.15, -0.1) is 0 Å². The first-order chi connectivity index (χ1) is 15.6. The van der Waals surface area contributed by atoms with E-state index in [1.54, 1.807) is 12.1 Å². The van der Waals surface area contributed by atoms with E-state index in [4.69, 9.17) is 0 Å². The van der Waals surface area contributed by atoms with Crippen LogP contribution in [0.5, 0.6) is 11.5 Å². The maximum atomic E-state index is 14.0. The number of halogens is 1. The van der Waals surface area contributed by atoms with E-state index in [1.165, 1.54) is 24.3 Å². The van der Waals surface area contributed by atoms with E-state index in [-0.39, 0.29) is 30.4 Å². The van der Waals surface area contributed by atoms with Crippen molar-refractivity contribution in [1.29, 1.82) is 0 Å². The number of benzene rings is 3. The molecule has 3 aromatic rings. The lowest BCUT2D eigenvalue weighted by Crippen LogP contribution is -2.32. The average Bonchev–Trinajstić information content (AvgIpc) is 2.75. The van der Waals surface area contributed by atoms with Gasteiger partial charge in [0.15, 0.2) is 11.6 Å². The first kappa shape index (κ1) is 24.5. The van der Waals surface area contributed by atoms with Crippen molar-refractivity contribution in [2.45, 2.75) is 25.0 Å². The molecule has 2 atom stereocenters. The van der Waals surface area contributed by atoms with Gasteiger partial charge in [-0.2, -0.15) is 0 Å². The van der Waals surface area contributed by atoms with Crippen LogP contribution in [0.4, 0.5) is 10.1 Å². The standard InChI is InChI=1S/C24H27FN2O5S/c1-33(31,32)27-22-13-17(7-9-24(22)30)11-19(28)15-26-21(12-16-5-3-2-4-6-16)18-8-10-23(29)20(25)14-18/h2-10,13-14,19,21,26-30H,11-12,15H2,1H3. The third kappa shape index (κ3) is 7.45. The average molecular weight is 475 g/mol. The van der Waals surface area contributed by atoms with Crippen LogP contribution in [0.1, 0.15) is 22.7 Å². The van der Waals surface area contributed by atoms with Gasteiger partial charge >= 0.3 is 0 Å². The molecule has 0 amide bonds. The Morgan fingerprint density at radius 3 is 2.27 bits per heavy atom. The molecule has 3 aromatic carbocycles. The number of aromatic hydroxyl groups is 2. The summed E-state index contributed by atoms with van der Waals surface area (Å²) in [5.41, 5.74) is 2.32. The van der Waals surface area contributed by atoms with E-state index >= 15 is 0 Å². The van der Waals surface area contributed by atoms with Crippen LogP contribution >= 0.6 is 0 Å². The fourth-order valence-electron chi connectivity index (χ4n) is 3.51. The lowest BCUT2D eigenvalue weighted by molar-refractivity contribution is 0.167. The van der Waals surface area contributed by atoms with Crippen molar-refractivity contribution in [2.75, 3.05) is 17.5 Å². The number of hydrogen-bond donors (Lipinski definition) is 5. The summed E-state index contributed by atoms with van der Waals surface area (Å²) in [6.07, 6.45) is 0.894. The number of nitrogens with one attached hydrogen (secondary N) is 2. The number of phenolic OH excluding ortho intramolecular Hbond substituents is 2. The molecule has 176 valence electrons. The molecule has 0 radical (unpaired) electrons. The van der Waals surface area contributed by atoms with Crippen molar-refractivity contribution < 1.29 is 28.1 Å². The number of aliphatic hydroxyl groups excluding tert-OH is 1. The van der Waals surface area contributed by atoms with E-state index in [0.717, 1.165) is 11.8 Å². The normalized spacial score (nSPS) is 13.4. The lowest BCUT2D eigenvalue weighted by Gasteiger charge is -2.22. The fourth-order valence-corrected chi connectivity index (χ4v) is 4.07. The Morgan fingerprint density at radius 2 is 1.61 bits per heavy atom. The van der Waals surface area contributed by atoms with Crippen molar-refractivity contribution in [1.82, 2.24) is 5.32 Å². The van der Waals surface area contributed by atoms with Crippen LogP contribution in [0.15, 0.2) is 66.7 Å². The Labute approximate surface area is 192 Å². The van der Waals surface area contributed by atoms with Gasteiger partial charge in [-0.1, -0.05) is 42.5 Å². The van der Waals surface area contributed by atoms with E-state index in [2.05, 4.69) is 10.0 Å². The molecule has 7 nitrogen and oxygen atoms in total. The number of hydrogen-bond acceptors (Lipinski definition) is 6. The Morgan fingerprint density at radius 1 is 0.909 bits per heavy atom. The molecular formula is C24H27FN2O5S. The Bertz CT molecular complexity index is 1190. The summed E-state index contributed by atoms with van der Waals surface area (Å²) in [6.45, 7) is 0.176. The zero-order valence-corrected chi connectivity index (χ0v) is 18.9. The fraction of sp³-hybridized carbons (Fsp3) is 0.250. The zero-order chi connectivity index (χ0) is 24.0. The molecule has 33 heavy (non-hydrogen) atoms. The van der Waals surface area contributed by atoms with Crippen molar-refractivity contribution in [3.63, 3.8) is 0 Å². The first-order valence-corrected chi connectivity index (χ1v) is 12.2. The van der Waals surface area contributed by atoms with Crippen LogP contribution in [0, 0.1) is 5.82 Å². The first-order valence-electron chi connectivity index (χ1n) is 10.3. The smallest absolute Gasteiger partial charge is 0.229 e. The van der Waals surface area contributed by atoms with Crippen molar-refractivity contribution in [2.24, 2.45) is 0 Å². The van der Waals surface area contributed by atoms with Gasteiger partial charge in [0.05, 0.1) is 18.0 Å². The molecule has 3 rings (SSSR count). The molecule has 0 aliphatic carbocycles. The SMILES string of the molecule is CS(=O)(=O)Nc1cc(CC(O)CNC(Cc2ccccc2)c2ccc(O)c(F)c2)ccc1O. The Hall–Kier alpha value is -3.14. The van der Waals surface area contributed by atoms with Crippen molar-refractivity contribution >= 4 is 15.7 Å². The third-order valence-corrected chi connectivity index (χ3v) is 5.67. The summed E-state index contributed by atoms with van der Waals surface area (Å²) in [4.78, 5) is 0. The predicted octanol–water partition coefficient (Wildman–Crippen LogP) is 3.09. The maximum absolute atomic E-state index is 14.0. The van der Waals surface area contributed by atoms with E-state index in [0.29, 0.717) is 17.5 Å². The summed E-state index contributed by atoms with van der Waals surface area (Å²) < 4.78 is 39.1. The molecule has 0 saturated carbocycles. The number of aliphatic hydroxyl groups is 1. The number of anilines is 1. The van der Waals surface area contributed by atoms with Crippen LogP contribution < -0.4 is 10.0 Å². The summed E-state index contributed by atoms with van der Waals surface area (Å²) >= 11 is 0. The molecule has 0 bridgehead atoms. The number of phenols is 2. The van der Waals surface area contributed by atoms with Gasteiger partial charge < -0.3 is 20.6 Å². The van der Waals surface area contributed by atoms with E-state index in [9.17, 15) is 28.1 Å². The van der Waals surface area contributed by atoms with Gasteiger partial charge in [0.1, 0.15) is 5.75 Å². The van der Waals surface area contributed by atoms with Gasteiger partial charge in [-0.25, -0.2) is 12.8 Å². The molecule has 0 saturated heterocycles. The van der Waals surface area contributed by atoms with Crippen LogP contribution in [-0.4, -0.2) is 42.6 Å². The minimum absolute atomic E-state index is 0.0386. The van der Waals surface area contributed by atoms with Crippen molar-refractivity contribution in [3.05, 3.63) is 89.2 Å². The van der Waals surface area contributed by atoms with Gasteiger partial charge in [-0.05, 0) is 53.8 Å². The Kier molecular flexibility index (Phi) is 7.91. The highest BCUT2D eigenvalue weighted by Crippen LogP contribution is 2.26. The maximum Gasteiger partial charge on any atom is 0.229 e. The summed E-state index contributed by atoms with van der Waals surface area (Å²) in [6, 6.07) is 17.9. The van der Waals surface area contributed by atoms with E-state index < -0.39 is 27.7 Å². The molecule has 0 aliphatic rings. The van der Waals surface area contributed by atoms with Crippen LogP contribution in [0.2, 0.25) is 0 Å². The van der Waals surface area contributed by atoms with Crippen LogP contribution in [-0.2, 0) is 22.9 Å². The van der Waals surface area contributed by atoms with Crippen molar-refractivity contribution in [3.8, 4) is 11.5 Å². The second kappa shape index (κ2) is 10.7. The van der Waals surface area contributed by atoms with Gasteiger partial charge in [0, 0.05) is 12.6 Å². The second-order valence-electron chi connectivity index (χ2n) is 7.95. The molecule has 0 fully saturated rings. The minimum Gasteiger partial charge on any atom is -0.506 e. The van der Waals surface area contributed by atoms with Gasteiger partial charge in [-0.3, -0.25) is 4.72 Å². The highest BCUT2D eigenvalue weighted by molar-refractivity contribution is 7.92. The molecule has 9 heteroatoms. The molecule has 0 aliphatic heterocycles. The second-order valence-corrected chi connectivity index (χ2v) is 9.69. The van der Waals surface area contributed by atoms with E-state index in [1.807, 2.05) is 30.3 Å². The lowest BCUT2D eigenvalue weighted by atomic mass is 9.98. The highest BCUT2D eigenvalue weighted by atomic mass is 32.2. The summed E-state index contributed by atoms with van der Waals surface area (Å²) in [7, 11) is -3.57. The minimum atomic E-state index is -3.57. The Balaban J connectivity index is 1.71. The molecule has 0 spiro atoms. The molecule has 5 N–H and O–H groups in total. The monoisotopic (exact) mass is 474 g/mol. The van der Waals surface area contributed by atoms with Gasteiger partial charge in [0.25, 0.3) is 0 Å². The molecule has 2 unspecified atom stereocenters. The van der Waals surface area contributed by atoms with Crippen LogP contribution in [0.3, 0.4) is 0 Å². The largest absolute Gasteiger partial charge is 0.506 e. The number of sulfonamides is 1. The third-order valence-electron chi connectivity index (χ3n) is 5.08. The quantitative estimate of drug-likeness (QED) is 0.288. The van der Waals surface area contributed by atoms with Gasteiger partial charge in [0.2, 0.25) is 10.0 Å². The summed E-state index contributed by atoms with van der Waals surface area (Å²) in [5, 5.41) is 33.2.